The van der Waals surface area contributed by atoms with Gasteiger partial charge in [-0.15, -0.1) is 0 Å². The Morgan fingerprint density at radius 1 is 0.952 bits per heavy atom. The lowest BCUT2D eigenvalue weighted by Crippen LogP contribution is -2.38. The Labute approximate surface area is 262 Å². The molecule has 2 N–H and O–H groups in total. The zero-order chi connectivity index (χ0) is 29.7. The summed E-state index contributed by atoms with van der Waals surface area (Å²) >= 11 is 19.4. The molecule has 9 heteroatoms. The molecule has 2 aromatic heterocycles. The van der Waals surface area contributed by atoms with E-state index in [1.165, 1.54) is 6.42 Å². The maximum atomic E-state index is 10.8. The van der Waals surface area contributed by atoms with Gasteiger partial charge in [0.1, 0.15) is 5.75 Å². The van der Waals surface area contributed by atoms with Crippen molar-refractivity contribution in [3.8, 4) is 11.4 Å². The summed E-state index contributed by atoms with van der Waals surface area (Å²) in [4.78, 5) is 9.26. The molecule has 2 aromatic carbocycles. The van der Waals surface area contributed by atoms with Gasteiger partial charge in [-0.3, -0.25) is 4.98 Å². The molecular weight excluding hydrogens is 585 g/mol. The molecule has 2 saturated heterocycles. The minimum atomic E-state index is -0.217. The first kappa shape index (κ1) is 28.8. The lowest BCUT2D eigenvalue weighted by Gasteiger charge is -2.37. The van der Waals surface area contributed by atoms with Crippen LogP contribution in [0.3, 0.4) is 0 Å². The van der Waals surface area contributed by atoms with Gasteiger partial charge in [-0.1, -0.05) is 43.1 Å². The quantitative estimate of drug-likeness (QED) is 0.220. The summed E-state index contributed by atoms with van der Waals surface area (Å²) in [7, 11) is 0. The van der Waals surface area contributed by atoms with Crippen LogP contribution in [0.25, 0.3) is 5.69 Å². The second kappa shape index (κ2) is 11.4. The largest absolute Gasteiger partial charge is 0.506 e. The molecule has 0 radical (unpaired) electrons. The molecule has 4 heterocycles. The Morgan fingerprint density at radius 2 is 1.71 bits per heavy atom. The zero-order valence-corrected chi connectivity index (χ0v) is 26.5. The first-order chi connectivity index (χ1) is 20.1. The highest BCUT2D eigenvalue weighted by Gasteiger charge is 2.42. The number of rotatable bonds is 5. The van der Waals surface area contributed by atoms with Crippen LogP contribution in [-0.2, 0) is 0 Å². The third-order valence-electron chi connectivity index (χ3n) is 8.48. The van der Waals surface area contributed by atoms with E-state index in [4.69, 9.17) is 40.4 Å². The van der Waals surface area contributed by atoms with Gasteiger partial charge in [0.2, 0.25) is 0 Å². The van der Waals surface area contributed by atoms with E-state index in [1.54, 1.807) is 24.4 Å². The van der Waals surface area contributed by atoms with Crippen molar-refractivity contribution in [1.29, 1.82) is 0 Å². The lowest BCUT2D eigenvalue weighted by atomic mass is 9.91. The van der Waals surface area contributed by atoms with Gasteiger partial charge in [-0.2, -0.15) is 0 Å². The molecule has 42 heavy (non-hydrogen) atoms. The van der Waals surface area contributed by atoms with Gasteiger partial charge < -0.3 is 24.8 Å². The lowest BCUT2D eigenvalue weighted by molar-refractivity contribution is 0.357. The SMILES string of the molecule is Cc1cc([C@H]2[C@H](c3ccccn3)NC(=S)N2c2ccc(N3C[C@H](C)C[C@H](C)C3)c(Cl)c2)c(C)n1-c1cc(Cl)ccc1O. The maximum absolute atomic E-state index is 10.8. The van der Waals surface area contributed by atoms with Crippen molar-refractivity contribution in [2.24, 2.45) is 11.8 Å². The van der Waals surface area contributed by atoms with E-state index in [-0.39, 0.29) is 17.8 Å². The van der Waals surface area contributed by atoms with Gasteiger partial charge >= 0.3 is 0 Å². The number of aromatic nitrogens is 2. The van der Waals surface area contributed by atoms with Crippen molar-refractivity contribution in [2.45, 2.75) is 46.2 Å². The molecule has 0 aliphatic carbocycles. The Morgan fingerprint density at radius 3 is 2.40 bits per heavy atom. The van der Waals surface area contributed by atoms with Crippen LogP contribution in [-0.4, -0.2) is 32.9 Å². The highest BCUT2D eigenvalue weighted by atomic mass is 35.5. The first-order valence-corrected chi connectivity index (χ1v) is 15.5. The number of benzene rings is 2. The Kier molecular flexibility index (Phi) is 7.85. The highest BCUT2D eigenvalue weighted by molar-refractivity contribution is 7.80. The zero-order valence-electron chi connectivity index (χ0n) is 24.2. The van der Waals surface area contributed by atoms with Crippen molar-refractivity contribution in [2.75, 3.05) is 22.9 Å². The molecule has 6 nitrogen and oxygen atoms in total. The second-order valence-corrected chi connectivity index (χ2v) is 13.0. The summed E-state index contributed by atoms with van der Waals surface area (Å²) in [6, 6.07) is 19.0. The summed E-state index contributed by atoms with van der Waals surface area (Å²) in [6.45, 7) is 10.7. The molecule has 6 rings (SSSR count). The van der Waals surface area contributed by atoms with E-state index >= 15 is 0 Å². The predicted molar refractivity (Wildman–Crippen MR) is 176 cm³/mol. The van der Waals surface area contributed by atoms with Gasteiger partial charge in [-0.25, -0.2) is 0 Å². The number of halogens is 2. The molecular formula is C33H35Cl2N5OS. The van der Waals surface area contributed by atoms with E-state index < -0.39 is 0 Å². The standard InChI is InChI=1S/C33H35Cl2N5OS/c1-19-13-20(2)18-38(17-19)28-10-9-24(16-26(28)35)40-32(31(37-33(40)42)27-7-5-6-12-36-27)25-14-21(3)39(22(25)4)29-15-23(34)8-11-30(29)41/h5-12,14-16,19-20,31-32,41H,13,17-18H2,1-4H3,(H,37,42)/t19-,20+,31-,32-/m0/s1. The van der Waals surface area contributed by atoms with Crippen LogP contribution in [0.1, 0.15) is 55.0 Å². The molecule has 4 atom stereocenters. The third-order valence-corrected chi connectivity index (χ3v) is 9.34. The molecule has 4 aromatic rings. The number of piperidine rings is 1. The number of nitrogens with zero attached hydrogens (tertiary/aromatic N) is 4. The number of nitrogens with one attached hydrogen (secondary N) is 1. The predicted octanol–water partition coefficient (Wildman–Crippen LogP) is 8.16. The smallest absolute Gasteiger partial charge is 0.174 e. The molecule has 2 fully saturated rings. The van der Waals surface area contributed by atoms with E-state index in [1.807, 2.05) is 35.8 Å². The monoisotopic (exact) mass is 619 g/mol. The van der Waals surface area contributed by atoms with Gasteiger partial charge in [-0.05, 0) is 104 Å². The first-order valence-electron chi connectivity index (χ1n) is 14.3. The third kappa shape index (κ3) is 5.23. The van der Waals surface area contributed by atoms with Crippen LogP contribution in [0.4, 0.5) is 11.4 Å². The van der Waals surface area contributed by atoms with Crippen LogP contribution in [0, 0.1) is 25.7 Å². The van der Waals surface area contributed by atoms with E-state index in [9.17, 15) is 5.11 Å². The summed E-state index contributed by atoms with van der Waals surface area (Å²) in [5.41, 5.74) is 6.51. The molecule has 218 valence electrons. The number of aryl methyl sites for hydroxylation is 1. The molecule has 2 aliphatic rings. The number of hydrogen-bond donors (Lipinski definition) is 2. The number of aromatic hydroxyl groups is 1. The number of anilines is 2. The highest BCUT2D eigenvalue weighted by Crippen LogP contribution is 2.45. The molecule has 0 amide bonds. The van der Waals surface area contributed by atoms with Crippen LogP contribution in [0.15, 0.2) is 66.9 Å². The van der Waals surface area contributed by atoms with Crippen LogP contribution < -0.4 is 15.1 Å². The van der Waals surface area contributed by atoms with E-state index in [2.05, 4.69) is 54.1 Å². The summed E-state index contributed by atoms with van der Waals surface area (Å²) in [5.74, 6) is 1.41. The van der Waals surface area contributed by atoms with Crippen molar-refractivity contribution in [1.82, 2.24) is 14.9 Å². The summed E-state index contributed by atoms with van der Waals surface area (Å²) < 4.78 is 2.04. The van der Waals surface area contributed by atoms with Gasteiger partial charge in [0.25, 0.3) is 0 Å². The molecule has 0 spiro atoms. The molecule has 0 saturated carbocycles. The number of thiocarbonyl (C=S) groups is 1. The number of hydrogen-bond acceptors (Lipinski definition) is 4. The maximum Gasteiger partial charge on any atom is 0.174 e. The number of phenols is 1. The van der Waals surface area contributed by atoms with Crippen molar-refractivity contribution < 1.29 is 5.11 Å². The van der Waals surface area contributed by atoms with Crippen molar-refractivity contribution in [3.05, 3.63) is 99.6 Å². The number of pyridine rings is 1. The van der Waals surface area contributed by atoms with Crippen molar-refractivity contribution >= 4 is 51.9 Å². The minimum absolute atomic E-state index is 0.162. The van der Waals surface area contributed by atoms with Gasteiger partial charge in [0.05, 0.1) is 34.2 Å². The van der Waals surface area contributed by atoms with E-state index in [0.29, 0.717) is 32.7 Å². The van der Waals surface area contributed by atoms with Gasteiger partial charge in [0, 0.05) is 41.4 Å². The summed E-state index contributed by atoms with van der Waals surface area (Å²) in [6.07, 6.45) is 3.04. The second-order valence-electron chi connectivity index (χ2n) is 11.8. The van der Waals surface area contributed by atoms with E-state index in [0.717, 1.165) is 47.1 Å². The Bertz CT molecular complexity index is 1630. The Balaban J connectivity index is 1.45. The topological polar surface area (TPSA) is 56.6 Å². The molecule has 2 aliphatic heterocycles. The fourth-order valence-electron chi connectivity index (χ4n) is 6.84. The number of phenolic OH excluding ortho intramolecular Hbond substituents is 1. The average Bonchev–Trinajstić information content (AvgIpc) is 3.44. The normalized spacial score (nSPS) is 22.5. The average molecular weight is 621 g/mol. The van der Waals surface area contributed by atoms with Crippen molar-refractivity contribution in [3.63, 3.8) is 0 Å². The fraction of sp³-hybridized carbons (Fsp3) is 0.333. The molecule has 0 bridgehead atoms. The minimum Gasteiger partial charge on any atom is -0.506 e. The van der Waals surface area contributed by atoms with Crippen LogP contribution >= 0.6 is 35.4 Å². The van der Waals surface area contributed by atoms with Gasteiger partial charge in [0.15, 0.2) is 5.11 Å². The fourth-order valence-corrected chi connectivity index (χ4v) is 7.65. The van der Waals surface area contributed by atoms with Crippen LogP contribution in [0.5, 0.6) is 5.75 Å². The van der Waals surface area contributed by atoms with Crippen LogP contribution in [0.2, 0.25) is 10.0 Å². The summed E-state index contributed by atoms with van der Waals surface area (Å²) in [5, 5.41) is 16.2. The molecule has 0 unspecified atom stereocenters. The Hall–Kier alpha value is -3.26.